The molecule has 2 aliphatic heterocycles. The number of amides is 3. The highest BCUT2D eigenvalue weighted by Crippen LogP contribution is 2.26. The fourth-order valence-electron chi connectivity index (χ4n) is 5.87. The number of carboxylic acid groups (broad SMARTS) is 1. The van der Waals surface area contributed by atoms with Crippen LogP contribution in [0.3, 0.4) is 0 Å². The third-order valence-electron chi connectivity index (χ3n) is 7.76. The zero-order valence-electron chi connectivity index (χ0n) is 24.9. The number of nitrogens with one attached hydrogen (secondary N) is 1. The molecule has 0 bridgehead atoms. The molecule has 0 radical (unpaired) electrons. The predicted molar refractivity (Wildman–Crippen MR) is 159 cm³/mol. The molecule has 3 unspecified atom stereocenters. The lowest BCUT2D eigenvalue weighted by atomic mass is 10.0. The lowest BCUT2D eigenvalue weighted by molar-refractivity contribution is -0.146. The van der Waals surface area contributed by atoms with E-state index in [4.69, 9.17) is 4.74 Å². The van der Waals surface area contributed by atoms with E-state index >= 15 is 0 Å². The Kier molecular flexibility index (Phi) is 10.2. The first-order chi connectivity index (χ1) is 20.0. The van der Waals surface area contributed by atoms with Crippen molar-refractivity contribution in [1.29, 1.82) is 0 Å². The number of aliphatic carboxylic acids is 1. The van der Waals surface area contributed by atoms with E-state index in [-0.39, 0.29) is 29.7 Å². The number of hydrogen-bond acceptors (Lipinski definition) is 5. The van der Waals surface area contributed by atoms with Gasteiger partial charge < -0.3 is 25.0 Å². The first-order valence-electron chi connectivity index (χ1n) is 14.9. The highest BCUT2D eigenvalue weighted by atomic mass is 16.5. The molecule has 2 aromatic rings. The van der Waals surface area contributed by atoms with Crippen molar-refractivity contribution in [2.75, 3.05) is 13.1 Å². The zero-order valence-corrected chi connectivity index (χ0v) is 24.9. The Balaban J connectivity index is 1.35. The maximum Gasteiger partial charge on any atom is 0.305 e. The number of benzene rings is 2. The molecule has 9 nitrogen and oxygen atoms in total. The molecule has 9 heteroatoms. The number of nitrogens with zero attached hydrogens (tertiary/aromatic N) is 2. The van der Waals surface area contributed by atoms with Crippen LogP contribution >= 0.6 is 0 Å². The van der Waals surface area contributed by atoms with Gasteiger partial charge >= 0.3 is 5.97 Å². The standard InChI is InChI=1S/C33H43N3O6/c1-33(2,3)42-26-16-13-23(14-17-26)15-18-29(37)35-19-8-12-28(35)32(41)36-20-7-11-27(36)31(40)34-25(22-30(38)39)21-24-9-5-4-6-10-24/h4-6,9-10,13-14,16-17,25,27-28H,7-8,11-12,15,18-22H2,1-3H3,(H,34,40)(H,38,39). The maximum absolute atomic E-state index is 13.7. The highest BCUT2D eigenvalue weighted by Gasteiger charge is 2.42. The van der Waals surface area contributed by atoms with Crippen LogP contribution in [-0.4, -0.2) is 75.4 Å². The van der Waals surface area contributed by atoms with Gasteiger partial charge in [-0.05, 0) is 82.6 Å². The summed E-state index contributed by atoms with van der Waals surface area (Å²) in [6.07, 6.45) is 3.54. The van der Waals surface area contributed by atoms with Gasteiger partial charge in [0.2, 0.25) is 17.7 Å². The first kappa shape index (κ1) is 31.1. The minimum atomic E-state index is -0.995. The molecule has 2 aliphatic rings. The van der Waals surface area contributed by atoms with Gasteiger partial charge in [-0.1, -0.05) is 42.5 Å². The second-order valence-corrected chi connectivity index (χ2v) is 12.3. The van der Waals surface area contributed by atoms with Crippen molar-refractivity contribution in [3.8, 4) is 5.75 Å². The van der Waals surface area contributed by atoms with Crippen molar-refractivity contribution in [3.05, 3.63) is 65.7 Å². The summed E-state index contributed by atoms with van der Waals surface area (Å²) in [4.78, 5) is 55.1. The van der Waals surface area contributed by atoms with E-state index < -0.39 is 24.1 Å². The van der Waals surface area contributed by atoms with Gasteiger partial charge in [0.15, 0.2) is 0 Å². The number of carbonyl (C=O) groups excluding carboxylic acids is 3. The van der Waals surface area contributed by atoms with Gasteiger partial charge in [-0.3, -0.25) is 19.2 Å². The first-order valence-corrected chi connectivity index (χ1v) is 14.9. The van der Waals surface area contributed by atoms with E-state index in [1.54, 1.807) is 9.80 Å². The third kappa shape index (κ3) is 8.57. The fraction of sp³-hybridized carbons (Fsp3) is 0.515. The Hall–Kier alpha value is -3.88. The van der Waals surface area contributed by atoms with Crippen LogP contribution in [0.5, 0.6) is 5.75 Å². The molecule has 42 heavy (non-hydrogen) atoms. The van der Waals surface area contributed by atoms with Crippen LogP contribution in [-0.2, 0) is 32.0 Å². The summed E-state index contributed by atoms with van der Waals surface area (Å²) in [5, 5.41) is 12.3. The van der Waals surface area contributed by atoms with Gasteiger partial charge in [0, 0.05) is 25.6 Å². The van der Waals surface area contributed by atoms with Gasteiger partial charge in [-0.2, -0.15) is 0 Å². The molecule has 0 spiro atoms. The summed E-state index contributed by atoms with van der Waals surface area (Å²) >= 11 is 0. The van der Waals surface area contributed by atoms with Crippen molar-refractivity contribution in [1.82, 2.24) is 15.1 Å². The quantitative estimate of drug-likeness (QED) is 0.417. The largest absolute Gasteiger partial charge is 0.488 e. The SMILES string of the molecule is CC(C)(C)Oc1ccc(CCC(=O)N2CCCC2C(=O)N2CCCC2C(=O)NC(CC(=O)O)Cc2ccccc2)cc1. The van der Waals surface area contributed by atoms with Gasteiger partial charge in [-0.25, -0.2) is 0 Å². The molecule has 3 atom stereocenters. The van der Waals surface area contributed by atoms with Crippen molar-refractivity contribution in [2.24, 2.45) is 0 Å². The molecule has 3 amide bonds. The summed E-state index contributed by atoms with van der Waals surface area (Å²) in [5.41, 5.74) is 1.67. The van der Waals surface area contributed by atoms with E-state index in [9.17, 15) is 24.3 Å². The molecule has 2 saturated heterocycles. The molecule has 0 saturated carbocycles. The van der Waals surface area contributed by atoms with Crippen LogP contribution in [0, 0.1) is 0 Å². The lowest BCUT2D eigenvalue weighted by Gasteiger charge is -2.31. The molecule has 2 aromatic carbocycles. The van der Waals surface area contributed by atoms with Gasteiger partial charge in [0.1, 0.15) is 23.4 Å². The second kappa shape index (κ2) is 13.9. The zero-order chi connectivity index (χ0) is 30.3. The number of carboxylic acids is 1. The summed E-state index contributed by atoms with van der Waals surface area (Å²) in [7, 11) is 0. The summed E-state index contributed by atoms with van der Waals surface area (Å²) in [6.45, 7) is 6.95. The number of carbonyl (C=O) groups is 4. The Labute approximate surface area is 248 Å². The number of hydrogen-bond donors (Lipinski definition) is 2. The number of aryl methyl sites for hydroxylation is 1. The summed E-state index contributed by atoms with van der Waals surface area (Å²) < 4.78 is 5.87. The van der Waals surface area contributed by atoms with Crippen LogP contribution in [0.15, 0.2) is 54.6 Å². The van der Waals surface area contributed by atoms with E-state index in [1.165, 1.54) is 0 Å². The Morgan fingerprint density at radius 1 is 0.905 bits per heavy atom. The molecule has 0 aromatic heterocycles. The van der Waals surface area contributed by atoms with Crippen LogP contribution in [0.1, 0.15) is 70.4 Å². The number of rotatable bonds is 11. The molecular weight excluding hydrogens is 534 g/mol. The smallest absolute Gasteiger partial charge is 0.305 e. The van der Waals surface area contributed by atoms with Gasteiger partial charge in [0.05, 0.1) is 6.42 Å². The second-order valence-electron chi connectivity index (χ2n) is 12.3. The minimum absolute atomic E-state index is 0.0644. The van der Waals surface area contributed by atoms with E-state index in [1.807, 2.05) is 75.4 Å². The van der Waals surface area contributed by atoms with Crippen molar-refractivity contribution >= 4 is 23.7 Å². The molecule has 4 rings (SSSR count). The molecule has 226 valence electrons. The van der Waals surface area contributed by atoms with Gasteiger partial charge in [0.25, 0.3) is 0 Å². The summed E-state index contributed by atoms with van der Waals surface area (Å²) in [6, 6.07) is 15.3. The molecule has 2 fully saturated rings. The Morgan fingerprint density at radius 2 is 1.55 bits per heavy atom. The molecule has 0 aliphatic carbocycles. The van der Waals surface area contributed by atoms with E-state index in [0.717, 1.165) is 23.3 Å². The average molecular weight is 578 g/mol. The number of ether oxygens (including phenoxy) is 1. The predicted octanol–water partition coefficient (Wildman–Crippen LogP) is 3.98. The van der Waals surface area contributed by atoms with Crippen molar-refractivity contribution in [2.45, 2.75) is 95.9 Å². The minimum Gasteiger partial charge on any atom is -0.488 e. The molecular formula is C33H43N3O6. The highest BCUT2D eigenvalue weighted by molar-refractivity contribution is 5.93. The monoisotopic (exact) mass is 577 g/mol. The van der Waals surface area contributed by atoms with Gasteiger partial charge in [-0.15, -0.1) is 0 Å². The van der Waals surface area contributed by atoms with Crippen LogP contribution < -0.4 is 10.1 Å². The Bertz CT molecular complexity index is 1240. The normalized spacial score (nSPS) is 19.4. The lowest BCUT2D eigenvalue weighted by Crippen LogP contribution is -2.54. The Morgan fingerprint density at radius 3 is 2.19 bits per heavy atom. The van der Waals surface area contributed by atoms with E-state index in [0.29, 0.717) is 51.6 Å². The van der Waals surface area contributed by atoms with E-state index in [2.05, 4.69) is 5.32 Å². The van der Waals surface area contributed by atoms with Crippen LogP contribution in [0.4, 0.5) is 0 Å². The average Bonchev–Trinajstić information content (AvgIpc) is 3.62. The molecule has 2 N–H and O–H groups in total. The van der Waals surface area contributed by atoms with Crippen LogP contribution in [0.2, 0.25) is 0 Å². The third-order valence-corrected chi connectivity index (χ3v) is 7.76. The van der Waals surface area contributed by atoms with Crippen LogP contribution in [0.25, 0.3) is 0 Å². The topological polar surface area (TPSA) is 116 Å². The molecule has 2 heterocycles. The fourth-order valence-corrected chi connectivity index (χ4v) is 5.87. The number of likely N-dealkylation sites (tertiary alicyclic amines) is 2. The maximum atomic E-state index is 13.7. The van der Waals surface area contributed by atoms with Crippen molar-refractivity contribution in [3.63, 3.8) is 0 Å². The van der Waals surface area contributed by atoms with Crippen molar-refractivity contribution < 1.29 is 29.0 Å². The summed E-state index contributed by atoms with van der Waals surface area (Å²) in [5.74, 6) is -0.811.